The molecule has 0 aliphatic rings. The second kappa shape index (κ2) is 7.86. The molecule has 0 saturated carbocycles. The fourth-order valence-electron chi connectivity index (χ4n) is 3.18. The number of nitrogens with one attached hydrogen (secondary N) is 1. The Morgan fingerprint density at radius 2 is 1.83 bits per heavy atom. The van der Waals surface area contributed by atoms with Crippen LogP contribution in [0.4, 0.5) is 19.0 Å². The zero-order valence-corrected chi connectivity index (χ0v) is 16.9. The Kier molecular flexibility index (Phi) is 5.65. The van der Waals surface area contributed by atoms with Crippen LogP contribution in [0.5, 0.6) is 5.75 Å². The maximum atomic E-state index is 13.2. The van der Waals surface area contributed by atoms with Crippen molar-refractivity contribution in [3.05, 3.63) is 46.8 Å². The third-order valence-electron chi connectivity index (χ3n) is 4.93. The van der Waals surface area contributed by atoms with Crippen LogP contribution in [-0.4, -0.2) is 52.5 Å². The van der Waals surface area contributed by atoms with Gasteiger partial charge in [-0.2, -0.15) is 17.7 Å². The minimum atomic E-state index is -4.64. The van der Waals surface area contributed by atoms with Crippen LogP contribution in [0.3, 0.4) is 0 Å². The number of hydrogen-bond donors (Lipinski definition) is 1. The van der Waals surface area contributed by atoms with Gasteiger partial charge in [0.1, 0.15) is 11.6 Å². The SMILES string of the molecule is COc1ccccc1C(CNc1nn2c(C(F)(F)F)nnc2c(C)c1C)N(C)C. The third kappa shape index (κ3) is 3.98. The Bertz CT molecular complexity index is 1020. The first-order valence-electron chi connectivity index (χ1n) is 8.98. The lowest BCUT2D eigenvalue weighted by Crippen LogP contribution is -2.28. The van der Waals surface area contributed by atoms with Gasteiger partial charge in [0.2, 0.25) is 0 Å². The average molecular weight is 408 g/mol. The lowest BCUT2D eigenvalue weighted by Gasteiger charge is -2.27. The number of para-hydroxylation sites is 1. The van der Waals surface area contributed by atoms with Crippen LogP contribution < -0.4 is 10.1 Å². The van der Waals surface area contributed by atoms with Crippen LogP contribution in [0, 0.1) is 13.8 Å². The van der Waals surface area contributed by atoms with E-state index in [4.69, 9.17) is 4.74 Å². The monoisotopic (exact) mass is 408 g/mol. The predicted octanol–water partition coefficient (Wildman–Crippen LogP) is 3.48. The summed E-state index contributed by atoms with van der Waals surface area (Å²) in [6.45, 7) is 3.91. The molecule has 0 radical (unpaired) electrons. The van der Waals surface area contributed by atoms with Crippen LogP contribution in [0.15, 0.2) is 24.3 Å². The highest BCUT2D eigenvalue weighted by Crippen LogP contribution is 2.31. The van der Waals surface area contributed by atoms with Gasteiger partial charge < -0.3 is 15.0 Å². The van der Waals surface area contributed by atoms with E-state index in [1.165, 1.54) is 0 Å². The van der Waals surface area contributed by atoms with Crippen molar-refractivity contribution in [2.75, 3.05) is 33.1 Å². The minimum Gasteiger partial charge on any atom is -0.496 e. The molecule has 156 valence electrons. The van der Waals surface area contributed by atoms with Crippen molar-refractivity contribution in [1.82, 2.24) is 24.7 Å². The molecule has 0 aliphatic heterocycles. The van der Waals surface area contributed by atoms with E-state index in [0.717, 1.165) is 21.4 Å². The predicted molar refractivity (Wildman–Crippen MR) is 103 cm³/mol. The summed E-state index contributed by atoms with van der Waals surface area (Å²) in [5.74, 6) is -0.0583. The second-order valence-corrected chi connectivity index (χ2v) is 6.96. The fraction of sp³-hybridized carbons (Fsp3) is 0.421. The number of likely N-dealkylation sites (N-methyl/N-ethyl adjacent to an activating group) is 1. The zero-order valence-electron chi connectivity index (χ0n) is 16.9. The average Bonchev–Trinajstić information content (AvgIpc) is 3.10. The molecule has 0 saturated heterocycles. The highest BCUT2D eigenvalue weighted by atomic mass is 19.4. The molecule has 1 atom stereocenters. The molecule has 2 heterocycles. The maximum absolute atomic E-state index is 13.2. The van der Waals surface area contributed by atoms with E-state index in [2.05, 4.69) is 20.6 Å². The molecular weight excluding hydrogens is 385 g/mol. The Balaban J connectivity index is 1.97. The molecule has 3 aromatic rings. The summed E-state index contributed by atoms with van der Waals surface area (Å²) in [5.41, 5.74) is 2.36. The lowest BCUT2D eigenvalue weighted by atomic mass is 10.0. The molecular formula is C19H23F3N6O. The molecule has 29 heavy (non-hydrogen) atoms. The number of nitrogens with zero attached hydrogens (tertiary/aromatic N) is 5. The fourth-order valence-corrected chi connectivity index (χ4v) is 3.18. The van der Waals surface area contributed by atoms with Crippen molar-refractivity contribution in [2.24, 2.45) is 0 Å². The lowest BCUT2D eigenvalue weighted by molar-refractivity contribution is -0.146. The first kappa shape index (κ1) is 20.8. The van der Waals surface area contributed by atoms with E-state index in [0.29, 0.717) is 17.9 Å². The maximum Gasteiger partial charge on any atom is 0.453 e. The largest absolute Gasteiger partial charge is 0.496 e. The molecule has 0 bridgehead atoms. The Hall–Kier alpha value is -2.88. The Morgan fingerprint density at radius 1 is 1.14 bits per heavy atom. The smallest absolute Gasteiger partial charge is 0.453 e. The molecule has 0 spiro atoms. The number of rotatable bonds is 6. The molecule has 2 aromatic heterocycles. The van der Waals surface area contributed by atoms with Crippen LogP contribution in [-0.2, 0) is 6.18 Å². The zero-order chi connectivity index (χ0) is 21.3. The van der Waals surface area contributed by atoms with E-state index in [1.807, 2.05) is 43.3 Å². The molecule has 0 aliphatic carbocycles. The van der Waals surface area contributed by atoms with Crippen LogP contribution in [0.2, 0.25) is 0 Å². The van der Waals surface area contributed by atoms with E-state index < -0.39 is 12.0 Å². The first-order chi connectivity index (χ1) is 13.6. The molecule has 10 heteroatoms. The molecule has 0 fully saturated rings. The van der Waals surface area contributed by atoms with Gasteiger partial charge in [0.15, 0.2) is 5.65 Å². The number of benzene rings is 1. The van der Waals surface area contributed by atoms with Crippen molar-refractivity contribution in [2.45, 2.75) is 26.1 Å². The van der Waals surface area contributed by atoms with Gasteiger partial charge in [0.05, 0.1) is 13.2 Å². The third-order valence-corrected chi connectivity index (χ3v) is 4.93. The molecule has 1 aromatic carbocycles. The summed E-state index contributed by atoms with van der Waals surface area (Å²) in [6.07, 6.45) is -4.64. The van der Waals surface area contributed by atoms with Gasteiger partial charge in [-0.15, -0.1) is 15.3 Å². The molecule has 3 rings (SSSR count). The first-order valence-corrected chi connectivity index (χ1v) is 8.98. The quantitative estimate of drug-likeness (QED) is 0.674. The molecule has 1 N–H and O–H groups in total. The second-order valence-electron chi connectivity index (χ2n) is 6.96. The van der Waals surface area contributed by atoms with Crippen LogP contribution in [0.25, 0.3) is 5.65 Å². The standard InChI is InChI=1S/C19H23F3N6O/c1-11-12(2)17-24-25-18(19(20,21)22)28(17)26-16(11)23-10-14(27(3)4)13-8-6-7-9-15(13)29-5/h6-9,14H,10H2,1-5H3,(H,23,26). The van der Waals surface area contributed by atoms with Crippen molar-refractivity contribution >= 4 is 11.5 Å². The molecule has 0 amide bonds. The van der Waals surface area contributed by atoms with Crippen LogP contribution in [0.1, 0.15) is 28.6 Å². The normalized spacial score (nSPS) is 13.1. The number of alkyl halides is 3. The van der Waals surface area contributed by atoms with Gasteiger partial charge >= 0.3 is 6.18 Å². The number of methoxy groups -OCH3 is 1. The van der Waals surface area contributed by atoms with E-state index in [9.17, 15) is 13.2 Å². The summed E-state index contributed by atoms with van der Waals surface area (Å²) in [7, 11) is 5.46. The van der Waals surface area contributed by atoms with Crippen molar-refractivity contribution in [3.8, 4) is 5.75 Å². The van der Waals surface area contributed by atoms with E-state index in [1.54, 1.807) is 21.0 Å². The van der Waals surface area contributed by atoms with Gasteiger partial charge in [-0.3, -0.25) is 0 Å². The Labute approximate surface area is 166 Å². The summed E-state index contributed by atoms with van der Waals surface area (Å²) in [6, 6.07) is 7.54. The van der Waals surface area contributed by atoms with Gasteiger partial charge in [-0.1, -0.05) is 18.2 Å². The number of aryl methyl sites for hydroxylation is 1. The highest BCUT2D eigenvalue weighted by molar-refractivity contribution is 5.58. The summed E-state index contributed by atoms with van der Waals surface area (Å²) in [5, 5.41) is 14.3. The van der Waals surface area contributed by atoms with Gasteiger partial charge in [-0.05, 0) is 39.6 Å². The summed E-state index contributed by atoms with van der Waals surface area (Å²) < 4.78 is 45.9. The molecule has 1 unspecified atom stereocenters. The van der Waals surface area contributed by atoms with Crippen molar-refractivity contribution in [1.29, 1.82) is 0 Å². The topological polar surface area (TPSA) is 67.6 Å². The minimum absolute atomic E-state index is 0.0913. The van der Waals surface area contributed by atoms with E-state index in [-0.39, 0.29) is 11.7 Å². The number of fused-ring (bicyclic) bond motifs is 1. The number of aromatic nitrogens is 4. The van der Waals surface area contributed by atoms with Crippen molar-refractivity contribution in [3.63, 3.8) is 0 Å². The Morgan fingerprint density at radius 3 is 2.45 bits per heavy atom. The van der Waals surface area contributed by atoms with Crippen LogP contribution >= 0.6 is 0 Å². The summed E-state index contributed by atoms with van der Waals surface area (Å²) in [4.78, 5) is 2.01. The summed E-state index contributed by atoms with van der Waals surface area (Å²) >= 11 is 0. The number of anilines is 1. The van der Waals surface area contributed by atoms with Crippen molar-refractivity contribution < 1.29 is 17.9 Å². The number of halogens is 3. The molecule has 7 nitrogen and oxygen atoms in total. The number of hydrogen-bond acceptors (Lipinski definition) is 6. The number of ether oxygens (including phenoxy) is 1. The van der Waals surface area contributed by atoms with Gasteiger partial charge in [-0.25, -0.2) is 0 Å². The highest BCUT2D eigenvalue weighted by Gasteiger charge is 2.38. The van der Waals surface area contributed by atoms with E-state index >= 15 is 0 Å². The van der Waals surface area contributed by atoms with Gasteiger partial charge in [0, 0.05) is 17.7 Å². The van der Waals surface area contributed by atoms with Gasteiger partial charge in [0.25, 0.3) is 5.82 Å².